The van der Waals surface area contributed by atoms with Crippen LogP contribution in [0.2, 0.25) is 0 Å². The summed E-state index contributed by atoms with van der Waals surface area (Å²) < 4.78 is 4.31. The summed E-state index contributed by atoms with van der Waals surface area (Å²) >= 11 is 6.37. The highest BCUT2D eigenvalue weighted by atomic mass is 35.5. The first kappa shape index (κ1) is 16.3. The fraction of sp³-hybridized carbons (Fsp3) is 0.733. The number of hydrogen-bond donors (Lipinski definition) is 0. The van der Waals surface area contributed by atoms with Crippen molar-refractivity contribution in [2.45, 2.75) is 52.1 Å². The summed E-state index contributed by atoms with van der Waals surface area (Å²) in [5.41, 5.74) is 3.06. The summed E-state index contributed by atoms with van der Waals surface area (Å²) in [4.78, 5) is 6.97. The lowest BCUT2D eigenvalue weighted by atomic mass is 10.2. The van der Waals surface area contributed by atoms with Crippen LogP contribution in [-0.2, 0) is 6.54 Å². The number of imidazole rings is 1. The molecule has 6 heteroatoms. The van der Waals surface area contributed by atoms with Crippen molar-refractivity contribution in [2.24, 2.45) is 0 Å². The number of halogens is 1. The molecular formula is C15H26ClN5. The van der Waals surface area contributed by atoms with Gasteiger partial charge >= 0.3 is 0 Å². The molecule has 2 rings (SSSR count). The molecule has 0 bridgehead atoms. The van der Waals surface area contributed by atoms with Crippen LogP contribution in [0.3, 0.4) is 0 Å². The van der Waals surface area contributed by atoms with Crippen molar-refractivity contribution in [3.05, 3.63) is 11.5 Å². The molecule has 0 saturated heterocycles. The Bertz CT molecular complexity index is 611. The predicted molar refractivity (Wildman–Crippen MR) is 88.1 cm³/mol. The second kappa shape index (κ2) is 6.36. The van der Waals surface area contributed by atoms with E-state index in [9.17, 15) is 0 Å². The Morgan fingerprint density at radius 3 is 2.48 bits per heavy atom. The van der Waals surface area contributed by atoms with Gasteiger partial charge in [-0.15, -0.1) is 11.6 Å². The molecule has 0 fully saturated rings. The van der Waals surface area contributed by atoms with Crippen LogP contribution in [0.15, 0.2) is 0 Å². The highest BCUT2D eigenvalue weighted by Gasteiger charge is 2.23. The minimum absolute atomic E-state index is 0.107. The molecule has 0 aliphatic carbocycles. The van der Waals surface area contributed by atoms with Gasteiger partial charge in [-0.05, 0) is 54.8 Å². The molecule has 0 aromatic carbocycles. The summed E-state index contributed by atoms with van der Waals surface area (Å²) in [6.45, 7) is 10.2. The fourth-order valence-electron chi connectivity index (χ4n) is 2.72. The van der Waals surface area contributed by atoms with Crippen LogP contribution in [-0.4, -0.2) is 44.9 Å². The number of aromatic nitrogens is 4. The third kappa shape index (κ3) is 3.09. The first-order valence-corrected chi connectivity index (χ1v) is 8.04. The molecule has 0 saturated carbocycles. The Morgan fingerprint density at radius 1 is 1.29 bits per heavy atom. The fourth-order valence-corrected chi connectivity index (χ4v) is 2.87. The lowest BCUT2D eigenvalue weighted by Crippen LogP contribution is -2.19. The van der Waals surface area contributed by atoms with E-state index in [0.717, 1.165) is 42.2 Å². The van der Waals surface area contributed by atoms with Crippen molar-refractivity contribution in [1.29, 1.82) is 0 Å². The molecule has 2 unspecified atom stereocenters. The molecule has 2 atom stereocenters. The summed E-state index contributed by atoms with van der Waals surface area (Å²) in [7, 11) is 4.20. The molecule has 0 radical (unpaired) electrons. The largest absolute Gasteiger partial charge is 0.309 e. The Balaban J connectivity index is 2.54. The number of fused-ring (bicyclic) bond motifs is 1. The van der Waals surface area contributed by atoms with Crippen LogP contribution in [0.5, 0.6) is 0 Å². The molecule has 118 valence electrons. The van der Waals surface area contributed by atoms with Gasteiger partial charge in [0.05, 0.1) is 11.1 Å². The third-order valence-electron chi connectivity index (χ3n) is 3.86. The zero-order valence-electron chi connectivity index (χ0n) is 13.9. The van der Waals surface area contributed by atoms with Crippen molar-refractivity contribution in [2.75, 3.05) is 20.6 Å². The predicted octanol–water partition coefficient (Wildman–Crippen LogP) is 3.37. The van der Waals surface area contributed by atoms with Crippen molar-refractivity contribution in [3.63, 3.8) is 0 Å². The molecule has 0 N–H and O–H groups in total. The number of hydrogen-bond acceptors (Lipinski definition) is 3. The maximum atomic E-state index is 6.37. The zero-order chi connectivity index (χ0) is 15.7. The summed E-state index contributed by atoms with van der Waals surface area (Å²) in [6, 6.07) is 0.343. The van der Waals surface area contributed by atoms with Crippen molar-refractivity contribution < 1.29 is 0 Å². The smallest absolute Gasteiger partial charge is 0.159 e. The quantitative estimate of drug-likeness (QED) is 0.768. The Kier molecular flexibility index (Phi) is 4.94. The van der Waals surface area contributed by atoms with Gasteiger partial charge in [-0.2, -0.15) is 5.10 Å². The number of nitrogens with zero attached hydrogens (tertiary/aromatic N) is 5. The highest BCUT2D eigenvalue weighted by molar-refractivity contribution is 6.20. The van der Waals surface area contributed by atoms with E-state index in [0.29, 0.717) is 6.04 Å². The molecule has 0 spiro atoms. The van der Waals surface area contributed by atoms with Crippen molar-refractivity contribution in [3.8, 4) is 0 Å². The van der Waals surface area contributed by atoms with Gasteiger partial charge in [0.15, 0.2) is 5.65 Å². The van der Waals surface area contributed by atoms with Gasteiger partial charge in [-0.1, -0.05) is 0 Å². The van der Waals surface area contributed by atoms with Gasteiger partial charge in [0.25, 0.3) is 0 Å². The number of aryl methyl sites for hydroxylation is 2. The average Bonchev–Trinajstić information content (AvgIpc) is 2.94. The minimum atomic E-state index is -0.107. The summed E-state index contributed by atoms with van der Waals surface area (Å²) in [5, 5.41) is 4.48. The molecule has 21 heavy (non-hydrogen) atoms. The maximum absolute atomic E-state index is 6.37. The van der Waals surface area contributed by atoms with Gasteiger partial charge in [0.2, 0.25) is 0 Å². The Morgan fingerprint density at radius 2 is 1.95 bits per heavy atom. The van der Waals surface area contributed by atoms with Crippen LogP contribution in [0.25, 0.3) is 11.2 Å². The molecule has 5 nitrogen and oxygen atoms in total. The standard InChI is InChI=1S/C15H26ClN5/c1-7-20-15-13(12(4)18-20)17-14(11(3)16)21(15)10(2)8-9-19(5)6/h10-11H,7-9H2,1-6H3. The molecule has 2 heterocycles. The monoisotopic (exact) mass is 311 g/mol. The normalized spacial score (nSPS) is 15.0. The molecule has 0 amide bonds. The molecule has 2 aromatic rings. The van der Waals surface area contributed by atoms with Crippen molar-refractivity contribution in [1.82, 2.24) is 24.2 Å². The number of rotatable bonds is 6. The Hall–Kier alpha value is -1.07. The average molecular weight is 312 g/mol. The van der Waals surface area contributed by atoms with E-state index in [1.807, 2.05) is 18.5 Å². The van der Waals surface area contributed by atoms with E-state index in [1.54, 1.807) is 0 Å². The van der Waals surface area contributed by atoms with E-state index in [-0.39, 0.29) is 5.38 Å². The lowest BCUT2D eigenvalue weighted by Gasteiger charge is -2.20. The first-order valence-electron chi connectivity index (χ1n) is 7.60. The van der Waals surface area contributed by atoms with Crippen LogP contribution in [0.4, 0.5) is 0 Å². The SMILES string of the molecule is CCn1nc(C)c2nc(C(C)Cl)n(C(C)CCN(C)C)c21. The zero-order valence-corrected chi connectivity index (χ0v) is 14.6. The molecular weight excluding hydrogens is 286 g/mol. The minimum Gasteiger partial charge on any atom is -0.309 e. The highest BCUT2D eigenvalue weighted by Crippen LogP contribution is 2.30. The van der Waals surface area contributed by atoms with Crippen LogP contribution < -0.4 is 0 Å². The molecule has 0 aliphatic rings. The van der Waals surface area contributed by atoms with E-state index < -0.39 is 0 Å². The second-order valence-corrected chi connectivity index (χ2v) is 6.63. The Labute approximate surface area is 131 Å². The van der Waals surface area contributed by atoms with E-state index in [2.05, 4.69) is 42.5 Å². The number of alkyl halides is 1. The van der Waals surface area contributed by atoms with Gasteiger partial charge in [0, 0.05) is 12.6 Å². The van der Waals surface area contributed by atoms with Crippen LogP contribution in [0.1, 0.15) is 50.1 Å². The van der Waals surface area contributed by atoms with Gasteiger partial charge in [-0.25, -0.2) is 9.67 Å². The topological polar surface area (TPSA) is 38.9 Å². The lowest BCUT2D eigenvalue weighted by molar-refractivity contribution is 0.355. The molecule has 0 aliphatic heterocycles. The van der Waals surface area contributed by atoms with E-state index >= 15 is 0 Å². The van der Waals surface area contributed by atoms with Gasteiger partial charge in [0.1, 0.15) is 11.3 Å². The van der Waals surface area contributed by atoms with E-state index in [1.165, 1.54) is 0 Å². The second-order valence-electron chi connectivity index (χ2n) is 5.97. The first-order chi connectivity index (χ1) is 9.86. The van der Waals surface area contributed by atoms with Crippen LogP contribution in [0, 0.1) is 6.92 Å². The van der Waals surface area contributed by atoms with Crippen LogP contribution >= 0.6 is 11.6 Å². The van der Waals surface area contributed by atoms with Crippen molar-refractivity contribution >= 4 is 22.8 Å². The maximum Gasteiger partial charge on any atom is 0.159 e. The molecule has 2 aromatic heterocycles. The van der Waals surface area contributed by atoms with Gasteiger partial charge in [-0.3, -0.25) is 0 Å². The van der Waals surface area contributed by atoms with E-state index in [4.69, 9.17) is 16.6 Å². The summed E-state index contributed by atoms with van der Waals surface area (Å²) in [6.07, 6.45) is 1.06. The summed E-state index contributed by atoms with van der Waals surface area (Å²) in [5.74, 6) is 0.945. The van der Waals surface area contributed by atoms with Gasteiger partial charge < -0.3 is 9.47 Å². The third-order valence-corrected chi connectivity index (χ3v) is 4.06.